The van der Waals surface area contributed by atoms with Gasteiger partial charge in [0.2, 0.25) is 21.8 Å². The molecule has 2 heterocycles. The monoisotopic (exact) mass is 653 g/mol. The van der Waals surface area contributed by atoms with Crippen molar-refractivity contribution in [2.75, 3.05) is 24.4 Å². The number of hydrogen-bond donors (Lipinski definition) is 2. The van der Waals surface area contributed by atoms with Crippen LogP contribution in [0.25, 0.3) is 10.9 Å². The minimum Gasteiger partial charge on any atom is -0.494 e. The van der Waals surface area contributed by atoms with Gasteiger partial charge < -0.3 is 15.0 Å². The molecule has 0 bridgehead atoms. The van der Waals surface area contributed by atoms with E-state index in [1.807, 2.05) is 12.1 Å². The highest BCUT2D eigenvalue weighted by atomic mass is 32.2. The quantitative estimate of drug-likeness (QED) is 0.183. The summed E-state index contributed by atoms with van der Waals surface area (Å²) < 4.78 is 36.6. The summed E-state index contributed by atoms with van der Waals surface area (Å²) in [5, 5.41) is 11.2. The van der Waals surface area contributed by atoms with Gasteiger partial charge in [0.15, 0.2) is 5.25 Å². The first-order valence-electron chi connectivity index (χ1n) is 15.9. The number of rotatable bonds is 14. The number of hydrogen-bond acceptors (Lipinski definition) is 7. The summed E-state index contributed by atoms with van der Waals surface area (Å²) in [4.78, 5) is 33.9. The number of nitrogens with one attached hydrogen (secondary N) is 2. The number of benzene rings is 3. The summed E-state index contributed by atoms with van der Waals surface area (Å²) in [5.74, 6) is -0.402. The predicted octanol–water partition coefficient (Wildman–Crippen LogP) is 4.99. The van der Waals surface area contributed by atoms with Gasteiger partial charge in [0.05, 0.1) is 29.4 Å². The van der Waals surface area contributed by atoms with Gasteiger partial charge in [-0.1, -0.05) is 55.8 Å². The van der Waals surface area contributed by atoms with Crippen molar-refractivity contribution in [3.63, 3.8) is 0 Å². The van der Waals surface area contributed by atoms with Gasteiger partial charge in [0.25, 0.3) is 0 Å². The van der Waals surface area contributed by atoms with E-state index in [0.717, 1.165) is 36.6 Å². The number of unbranched alkanes of at least 4 members (excludes halogenated alkanes) is 1. The number of nitrogens with zero attached hydrogens (tertiary/aromatic N) is 3. The van der Waals surface area contributed by atoms with E-state index in [-0.39, 0.29) is 24.4 Å². The molecule has 1 aromatic heterocycles. The minimum atomic E-state index is -4.36. The molecular formula is C36H39N5O5S. The molecule has 0 spiro atoms. The van der Waals surface area contributed by atoms with Crippen molar-refractivity contribution in [2.45, 2.75) is 56.7 Å². The van der Waals surface area contributed by atoms with Crippen LogP contribution in [0.4, 0.5) is 5.69 Å². The molecule has 1 fully saturated rings. The number of sulfonamides is 1. The SMILES string of the molecule is CCCCOc1ccc(CC(C(=O)NC(Cc2ccc(C#N)cc2)C(=O)N2CCCC2)S(=O)(=O)Nc2cccc3cccnc23)cc1. The van der Waals surface area contributed by atoms with Crippen LogP contribution in [0.1, 0.15) is 49.3 Å². The van der Waals surface area contributed by atoms with E-state index in [1.54, 1.807) is 77.8 Å². The number of ether oxygens (including phenoxy) is 1. The Bertz CT molecular complexity index is 1830. The van der Waals surface area contributed by atoms with Crippen molar-refractivity contribution in [1.29, 1.82) is 5.26 Å². The Morgan fingerprint density at radius 3 is 2.34 bits per heavy atom. The van der Waals surface area contributed by atoms with Crippen LogP contribution >= 0.6 is 0 Å². The molecule has 1 aliphatic rings. The Kier molecular flexibility index (Phi) is 11.1. The molecule has 2 unspecified atom stereocenters. The number of nitriles is 1. The molecule has 3 aromatic carbocycles. The van der Waals surface area contributed by atoms with Crippen LogP contribution in [0.3, 0.4) is 0 Å². The molecule has 1 aliphatic heterocycles. The molecule has 0 radical (unpaired) electrons. The van der Waals surface area contributed by atoms with Crippen molar-refractivity contribution >= 4 is 38.4 Å². The fraction of sp³-hybridized carbons (Fsp3) is 0.333. The summed E-state index contributed by atoms with van der Waals surface area (Å²) in [6, 6.07) is 23.6. The molecular weight excluding hydrogens is 614 g/mol. The normalized spacial score (nSPS) is 14.3. The number of anilines is 1. The van der Waals surface area contributed by atoms with Crippen LogP contribution < -0.4 is 14.8 Å². The third-order valence-electron chi connectivity index (χ3n) is 8.22. The van der Waals surface area contributed by atoms with Gasteiger partial charge in [0, 0.05) is 31.1 Å². The first kappa shape index (κ1) is 33.4. The van der Waals surface area contributed by atoms with Crippen LogP contribution in [0.15, 0.2) is 85.1 Å². The zero-order valence-corrected chi connectivity index (χ0v) is 27.2. The fourth-order valence-electron chi connectivity index (χ4n) is 5.60. The van der Waals surface area contributed by atoms with E-state index >= 15 is 0 Å². The molecule has 0 aliphatic carbocycles. The smallest absolute Gasteiger partial charge is 0.245 e. The second-order valence-electron chi connectivity index (χ2n) is 11.7. The van der Waals surface area contributed by atoms with E-state index in [9.17, 15) is 23.3 Å². The molecule has 2 amide bonds. The average Bonchev–Trinajstić information content (AvgIpc) is 3.63. The first-order chi connectivity index (χ1) is 22.8. The molecule has 47 heavy (non-hydrogen) atoms. The number of likely N-dealkylation sites (tertiary alicyclic amines) is 1. The molecule has 4 aromatic rings. The van der Waals surface area contributed by atoms with Crippen LogP contribution in [-0.2, 0) is 32.5 Å². The number of fused-ring (bicyclic) bond motifs is 1. The van der Waals surface area contributed by atoms with Crippen molar-refractivity contribution < 1.29 is 22.7 Å². The van der Waals surface area contributed by atoms with Crippen molar-refractivity contribution in [3.8, 4) is 11.8 Å². The van der Waals surface area contributed by atoms with E-state index in [2.05, 4.69) is 28.0 Å². The van der Waals surface area contributed by atoms with Gasteiger partial charge in [-0.2, -0.15) is 5.26 Å². The van der Waals surface area contributed by atoms with Gasteiger partial charge in [-0.25, -0.2) is 8.42 Å². The van der Waals surface area contributed by atoms with Gasteiger partial charge >= 0.3 is 0 Å². The van der Waals surface area contributed by atoms with Gasteiger partial charge in [-0.05, 0) is 73.2 Å². The lowest BCUT2D eigenvalue weighted by Crippen LogP contribution is -2.53. The Morgan fingerprint density at radius 1 is 0.957 bits per heavy atom. The lowest BCUT2D eigenvalue weighted by atomic mass is 10.0. The number of carbonyl (C=O) groups is 2. The Hall–Kier alpha value is -4.95. The zero-order valence-electron chi connectivity index (χ0n) is 26.4. The Labute approximate surface area is 275 Å². The number of aromatic nitrogens is 1. The third-order valence-corrected chi connectivity index (χ3v) is 9.85. The molecule has 244 valence electrons. The highest BCUT2D eigenvalue weighted by Gasteiger charge is 2.37. The molecule has 0 saturated carbocycles. The lowest BCUT2D eigenvalue weighted by molar-refractivity contribution is -0.135. The van der Waals surface area contributed by atoms with Crippen LogP contribution in [0.5, 0.6) is 5.75 Å². The second-order valence-corrected chi connectivity index (χ2v) is 13.5. The molecule has 2 N–H and O–H groups in total. The van der Waals surface area contributed by atoms with Crippen molar-refractivity contribution in [2.24, 2.45) is 0 Å². The molecule has 2 atom stereocenters. The lowest BCUT2D eigenvalue weighted by Gasteiger charge is -2.26. The van der Waals surface area contributed by atoms with Crippen LogP contribution in [-0.4, -0.2) is 61.1 Å². The van der Waals surface area contributed by atoms with E-state index in [1.165, 1.54) is 0 Å². The van der Waals surface area contributed by atoms with Crippen molar-refractivity contribution in [3.05, 3.63) is 102 Å². The van der Waals surface area contributed by atoms with Crippen molar-refractivity contribution in [1.82, 2.24) is 15.2 Å². The van der Waals surface area contributed by atoms with Crippen LogP contribution in [0, 0.1) is 11.3 Å². The number of pyridine rings is 1. The Balaban J connectivity index is 1.45. The minimum absolute atomic E-state index is 0.143. The topological polar surface area (TPSA) is 141 Å². The van der Waals surface area contributed by atoms with Gasteiger partial charge in [0.1, 0.15) is 11.8 Å². The number of amides is 2. The number of carbonyl (C=O) groups excluding carboxylic acids is 2. The van der Waals surface area contributed by atoms with E-state index < -0.39 is 27.2 Å². The number of para-hydroxylation sites is 1. The highest BCUT2D eigenvalue weighted by molar-refractivity contribution is 7.94. The summed E-state index contributed by atoms with van der Waals surface area (Å²) >= 11 is 0. The second kappa shape index (κ2) is 15.6. The van der Waals surface area contributed by atoms with E-state index in [4.69, 9.17) is 4.74 Å². The van der Waals surface area contributed by atoms with Gasteiger partial charge in [-0.3, -0.25) is 19.3 Å². The maximum absolute atomic E-state index is 14.1. The summed E-state index contributed by atoms with van der Waals surface area (Å²) in [5.41, 5.74) is 2.53. The highest BCUT2D eigenvalue weighted by Crippen LogP contribution is 2.25. The molecule has 10 nitrogen and oxygen atoms in total. The molecule has 11 heteroatoms. The third kappa shape index (κ3) is 8.65. The summed E-state index contributed by atoms with van der Waals surface area (Å²) in [7, 11) is -4.36. The zero-order chi connectivity index (χ0) is 33.2. The Morgan fingerprint density at radius 2 is 1.64 bits per heavy atom. The van der Waals surface area contributed by atoms with Gasteiger partial charge in [-0.15, -0.1) is 0 Å². The fourth-order valence-corrected chi connectivity index (χ4v) is 6.97. The molecule has 5 rings (SSSR count). The molecule has 1 saturated heterocycles. The standard InChI is InChI=1S/C36H39N5O5S/c1-2-3-22-46-30-17-15-27(16-18-30)24-33(47(44,45)40-31-10-6-8-29-9-7-19-38-34(29)31)35(42)39-32(36(43)41-20-4-5-21-41)23-26-11-13-28(25-37)14-12-26/h6-19,32-33,40H,2-5,20-24H2,1H3,(H,39,42). The largest absolute Gasteiger partial charge is 0.494 e. The summed E-state index contributed by atoms with van der Waals surface area (Å²) in [6.07, 6.45) is 5.21. The average molecular weight is 654 g/mol. The van der Waals surface area contributed by atoms with E-state index in [0.29, 0.717) is 42.1 Å². The summed E-state index contributed by atoms with van der Waals surface area (Å²) in [6.45, 7) is 3.79. The predicted molar refractivity (Wildman–Crippen MR) is 181 cm³/mol. The van der Waals surface area contributed by atoms with Crippen LogP contribution in [0.2, 0.25) is 0 Å². The first-order valence-corrected chi connectivity index (χ1v) is 17.5. The maximum Gasteiger partial charge on any atom is 0.245 e. The maximum atomic E-state index is 14.1.